The van der Waals surface area contributed by atoms with Gasteiger partial charge in [-0.2, -0.15) is 0 Å². The van der Waals surface area contributed by atoms with Gasteiger partial charge in [0.05, 0.1) is 18.4 Å². The van der Waals surface area contributed by atoms with Crippen LogP contribution in [0.1, 0.15) is 39.9 Å². The Labute approximate surface area is 166 Å². The molecule has 1 heterocycles. The van der Waals surface area contributed by atoms with Crippen LogP contribution in [0.4, 0.5) is 5.69 Å². The van der Waals surface area contributed by atoms with Crippen LogP contribution in [0.2, 0.25) is 0 Å². The van der Waals surface area contributed by atoms with Crippen LogP contribution in [0.25, 0.3) is 6.08 Å². The SMILES string of the molecule is COc1ccc(C)cc1C=CC(=O)Nc1cccc(C)c1C(=O)N1CCCC1. The zero-order valence-electron chi connectivity index (χ0n) is 16.6. The highest BCUT2D eigenvalue weighted by Crippen LogP contribution is 2.24. The minimum Gasteiger partial charge on any atom is -0.496 e. The Morgan fingerprint density at radius 3 is 2.57 bits per heavy atom. The van der Waals surface area contributed by atoms with Crippen molar-refractivity contribution in [3.05, 3.63) is 64.7 Å². The topological polar surface area (TPSA) is 58.6 Å². The highest BCUT2D eigenvalue weighted by atomic mass is 16.5. The van der Waals surface area contributed by atoms with E-state index in [4.69, 9.17) is 4.74 Å². The number of ether oxygens (including phenoxy) is 1. The van der Waals surface area contributed by atoms with Crippen molar-refractivity contribution in [3.8, 4) is 5.75 Å². The van der Waals surface area contributed by atoms with Crippen LogP contribution in [0, 0.1) is 13.8 Å². The maximum absolute atomic E-state index is 12.9. The second-order valence-electron chi connectivity index (χ2n) is 7.06. The largest absolute Gasteiger partial charge is 0.496 e. The van der Waals surface area contributed by atoms with Gasteiger partial charge in [-0.25, -0.2) is 0 Å². The molecule has 1 aliphatic rings. The van der Waals surface area contributed by atoms with Gasteiger partial charge >= 0.3 is 0 Å². The molecule has 28 heavy (non-hydrogen) atoms. The lowest BCUT2D eigenvalue weighted by molar-refractivity contribution is -0.111. The molecular formula is C23H26N2O3. The average Bonchev–Trinajstić information content (AvgIpc) is 3.21. The minimum atomic E-state index is -0.287. The number of aryl methyl sites for hydroxylation is 2. The number of nitrogens with zero attached hydrogens (tertiary/aromatic N) is 1. The van der Waals surface area contributed by atoms with Gasteiger partial charge in [-0.3, -0.25) is 9.59 Å². The van der Waals surface area contributed by atoms with Crippen LogP contribution in [0.3, 0.4) is 0 Å². The van der Waals surface area contributed by atoms with E-state index in [0.29, 0.717) is 17.0 Å². The summed E-state index contributed by atoms with van der Waals surface area (Å²) in [5.74, 6) is 0.398. The van der Waals surface area contributed by atoms with Crippen LogP contribution in [0.5, 0.6) is 5.75 Å². The fraction of sp³-hybridized carbons (Fsp3) is 0.304. The van der Waals surface area contributed by atoms with Gasteiger partial charge in [-0.15, -0.1) is 0 Å². The van der Waals surface area contributed by atoms with E-state index in [2.05, 4.69) is 5.32 Å². The summed E-state index contributed by atoms with van der Waals surface area (Å²) in [5.41, 5.74) is 3.88. The van der Waals surface area contributed by atoms with Gasteiger partial charge in [-0.1, -0.05) is 23.8 Å². The van der Waals surface area contributed by atoms with Gasteiger partial charge in [0.25, 0.3) is 5.91 Å². The van der Waals surface area contributed by atoms with E-state index in [1.165, 1.54) is 6.08 Å². The van der Waals surface area contributed by atoms with E-state index in [0.717, 1.165) is 42.6 Å². The predicted octanol–water partition coefficient (Wildman–Crippen LogP) is 4.20. The van der Waals surface area contributed by atoms with Gasteiger partial charge in [0.1, 0.15) is 5.75 Å². The zero-order valence-corrected chi connectivity index (χ0v) is 16.6. The first-order valence-electron chi connectivity index (χ1n) is 9.52. The summed E-state index contributed by atoms with van der Waals surface area (Å²) in [5, 5.41) is 2.86. The first kappa shape index (κ1) is 19.7. The van der Waals surface area contributed by atoms with Crippen molar-refractivity contribution in [3.63, 3.8) is 0 Å². The molecule has 5 nitrogen and oxygen atoms in total. The fourth-order valence-electron chi connectivity index (χ4n) is 3.46. The summed E-state index contributed by atoms with van der Waals surface area (Å²) in [6.07, 6.45) is 5.24. The molecule has 0 unspecified atom stereocenters. The van der Waals surface area contributed by atoms with E-state index in [9.17, 15) is 9.59 Å². The molecule has 0 spiro atoms. The normalized spacial score (nSPS) is 13.8. The Morgan fingerprint density at radius 1 is 1.11 bits per heavy atom. The van der Waals surface area contributed by atoms with E-state index in [-0.39, 0.29) is 11.8 Å². The Balaban J connectivity index is 1.80. The van der Waals surface area contributed by atoms with E-state index in [1.807, 2.05) is 49.1 Å². The number of nitrogens with one attached hydrogen (secondary N) is 1. The van der Waals surface area contributed by atoms with Gasteiger partial charge in [0.15, 0.2) is 0 Å². The minimum absolute atomic E-state index is 0.0183. The number of benzene rings is 2. The number of anilines is 1. The van der Waals surface area contributed by atoms with Crippen LogP contribution in [0.15, 0.2) is 42.5 Å². The first-order chi connectivity index (χ1) is 13.5. The summed E-state index contributed by atoms with van der Waals surface area (Å²) in [7, 11) is 1.60. The van der Waals surface area contributed by atoms with Crippen molar-refractivity contribution >= 4 is 23.6 Å². The van der Waals surface area contributed by atoms with E-state index >= 15 is 0 Å². The molecule has 1 saturated heterocycles. The molecule has 2 aromatic rings. The van der Waals surface area contributed by atoms with Gasteiger partial charge in [0.2, 0.25) is 5.91 Å². The molecule has 0 aliphatic carbocycles. The Hall–Kier alpha value is -3.08. The number of rotatable bonds is 5. The lowest BCUT2D eigenvalue weighted by Crippen LogP contribution is -2.29. The molecule has 1 N–H and O–H groups in total. The molecule has 0 saturated carbocycles. The highest BCUT2D eigenvalue weighted by Gasteiger charge is 2.23. The summed E-state index contributed by atoms with van der Waals surface area (Å²) in [4.78, 5) is 27.3. The number of likely N-dealkylation sites (tertiary alicyclic amines) is 1. The quantitative estimate of drug-likeness (QED) is 0.794. The van der Waals surface area contributed by atoms with Crippen molar-refractivity contribution in [2.24, 2.45) is 0 Å². The molecule has 5 heteroatoms. The van der Waals surface area contributed by atoms with Crippen molar-refractivity contribution in [2.75, 3.05) is 25.5 Å². The Kier molecular flexibility index (Phi) is 6.14. The smallest absolute Gasteiger partial charge is 0.256 e. The standard InChI is InChI=1S/C23H26N2O3/c1-16-9-11-20(28-3)18(15-16)10-12-21(26)24-19-8-6-7-17(2)22(19)23(27)25-13-4-5-14-25/h6-12,15H,4-5,13-14H2,1-3H3,(H,24,26). The second-order valence-corrected chi connectivity index (χ2v) is 7.06. The summed E-state index contributed by atoms with van der Waals surface area (Å²) in [6, 6.07) is 11.3. The fourth-order valence-corrected chi connectivity index (χ4v) is 3.46. The lowest BCUT2D eigenvalue weighted by atomic mass is 10.0. The summed E-state index contributed by atoms with van der Waals surface area (Å²) in [6.45, 7) is 5.42. The van der Waals surface area contributed by atoms with Crippen molar-refractivity contribution in [1.82, 2.24) is 4.90 Å². The van der Waals surface area contributed by atoms with Crippen LogP contribution < -0.4 is 10.1 Å². The molecule has 146 valence electrons. The molecule has 3 rings (SSSR count). The number of hydrogen-bond donors (Lipinski definition) is 1. The van der Waals surface area contributed by atoms with Crippen LogP contribution in [-0.4, -0.2) is 36.9 Å². The number of methoxy groups -OCH3 is 1. The number of carbonyl (C=O) groups excluding carboxylic acids is 2. The first-order valence-corrected chi connectivity index (χ1v) is 9.52. The highest BCUT2D eigenvalue weighted by molar-refractivity contribution is 6.08. The predicted molar refractivity (Wildman–Crippen MR) is 112 cm³/mol. The lowest BCUT2D eigenvalue weighted by Gasteiger charge is -2.19. The Bertz CT molecular complexity index is 912. The number of hydrogen-bond acceptors (Lipinski definition) is 3. The third kappa shape index (κ3) is 4.42. The third-order valence-corrected chi connectivity index (χ3v) is 4.94. The third-order valence-electron chi connectivity index (χ3n) is 4.94. The Morgan fingerprint density at radius 2 is 1.86 bits per heavy atom. The summed E-state index contributed by atoms with van der Waals surface area (Å²) < 4.78 is 5.34. The number of amides is 2. The van der Waals surface area contributed by atoms with Crippen molar-refractivity contribution in [1.29, 1.82) is 0 Å². The van der Waals surface area contributed by atoms with Crippen molar-refractivity contribution < 1.29 is 14.3 Å². The molecule has 1 aliphatic heterocycles. The van der Waals surface area contributed by atoms with Gasteiger partial charge in [0, 0.05) is 24.7 Å². The van der Waals surface area contributed by atoms with E-state index < -0.39 is 0 Å². The zero-order chi connectivity index (χ0) is 20.1. The monoisotopic (exact) mass is 378 g/mol. The summed E-state index contributed by atoms with van der Waals surface area (Å²) >= 11 is 0. The molecule has 2 aromatic carbocycles. The molecular weight excluding hydrogens is 352 g/mol. The van der Waals surface area contributed by atoms with Crippen molar-refractivity contribution in [2.45, 2.75) is 26.7 Å². The number of carbonyl (C=O) groups is 2. The van der Waals surface area contributed by atoms with Gasteiger partial charge < -0.3 is 15.0 Å². The molecule has 0 radical (unpaired) electrons. The maximum atomic E-state index is 12.9. The maximum Gasteiger partial charge on any atom is 0.256 e. The molecule has 2 amide bonds. The second kappa shape index (κ2) is 8.74. The van der Waals surface area contributed by atoms with Crippen LogP contribution >= 0.6 is 0 Å². The molecule has 0 bridgehead atoms. The van der Waals surface area contributed by atoms with Crippen LogP contribution in [-0.2, 0) is 4.79 Å². The molecule has 0 aromatic heterocycles. The molecule has 0 atom stereocenters. The van der Waals surface area contributed by atoms with Gasteiger partial charge in [-0.05, 0) is 56.5 Å². The molecule has 1 fully saturated rings. The van der Waals surface area contributed by atoms with E-state index in [1.54, 1.807) is 19.3 Å². The average molecular weight is 378 g/mol.